The molecule has 2 atom stereocenters. The monoisotopic (exact) mass is 495 g/mol. The molecule has 0 radical (unpaired) electrons. The molecule has 1 saturated heterocycles. The molecule has 34 heavy (non-hydrogen) atoms. The van der Waals surface area contributed by atoms with Gasteiger partial charge in [-0.2, -0.15) is 0 Å². The lowest BCUT2D eigenvalue weighted by Crippen LogP contribution is -2.35. The fourth-order valence-corrected chi connectivity index (χ4v) is 4.80. The van der Waals surface area contributed by atoms with E-state index in [1.165, 1.54) is 5.56 Å². The van der Waals surface area contributed by atoms with Crippen molar-refractivity contribution in [3.8, 4) is 5.75 Å². The van der Waals surface area contributed by atoms with E-state index in [1.54, 1.807) is 7.11 Å². The Kier molecular flexibility index (Phi) is 7.07. The van der Waals surface area contributed by atoms with Gasteiger partial charge in [0.25, 0.3) is 0 Å². The highest BCUT2D eigenvalue weighted by atomic mass is 35.5. The summed E-state index contributed by atoms with van der Waals surface area (Å²) < 4.78 is 11.2. The Hall–Kier alpha value is -2.57. The summed E-state index contributed by atoms with van der Waals surface area (Å²) in [6.07, 6.45) is 0. The molecule has 5 nitrogen and oxygen atoms in total. The Labute approximate surface area is 210 Å². The molecule has 5 rings (SSSR count). The first-order valence-corrected chi connectivity index (χ1v) is 12.2. The molecule has 2 unspecified atom stereocenters. The largest absolute Gasteiger partial charge is 0.496 e. The van der Waals surface area contributed by atoms with Crippen molar-refractivity contribution in [2.24, 2.45) is 4.99 Å². The second-order valence-corrected chi connectivity index (χ2v) is 9.44. The zero-order valence-electron chi connectivity index (χ0n) is 19.0. The fraction of sp³-hybridized carbons (Fsp3) is 0.296. The number of ether oxygens (including phenoxy) is 2. The van der Waals surface area contributed by atoms with Crippen LogP contribution in [0.5, 0.6) is 5.75 Å². The Bertz CT molecular complexity index is 1160. The zero-order valence-corrected chi connectivity index (χ0v) is 20.5. The number of morpholine rings is 1. The summed E-state index contributed by atoms with van der Waals surface area (Å²) in [6.45, 7) is 4.32. The lowest BCUT2D eigenvalue weighted by Gasteiger charge is -2.27. The van der Waals surface area contributed by atoms with Crippen LogP contribution in [0.3, 0.4) is 0 Å². The van der Waals surface area contributed by atoms with Gasteiger partial charge >= 0.3 is 0 Å². The summed E-state index contributed by atoms with van der Waals surface area (Å²) in [6, 6.07) is 22.0. The zero-order chi connectivity index (χ0) is 23.5. The molecule has 0 aromatic heterocycles. The maximum atomic E-state index is 6.16. The van der Waals surface area contributed by atoms with E-state index in [2.05, 4.69) is 22.3 Å². The van der Waals surface area contributed by atoms with E-state index < -0.39 is 0 Å². The number of hydrogen-bond donors (Lipinski definition) is 1. The van der Waals surface area contributed by atoms with Crippen molar-refractivity contribution in [2.75, 3.05) is 33.4 Å². The topological polar surface area (TPSA) is 46.1 Å². The molecule has 1 fully saturated rings. The molecule has 0 bridgehead atoms. The molecule has 0 spiro atoms. The summed E-state index contributed by atoms with van der Waals surface area (Å²) in [5, 5.41) is 5.09. The first kappa shape index (κ1) is 23.2. The van der Waals surface area contributed by atoms with E-state index in [-0.39, 0.29) is 12.1 Å². The summed E-state index contributed by atoms with van der Waals surface area (Å²) >= 11 is 12.3. The minimum Gasteiger partial charge on any atom is -0.496 e. The standard InChI is InChI=1S/C27H27Cl2N3O2/c1-33-24-11-2-18(17-32-12-14-34-15-13-32)16-23(24)27-30-25(19-3-7-21(28)8-4-19)26(31-27)20-5-9-22(29)10-6-20/h2-11,16,25-26H,12-15,17H2,1H3,(H,30,31). The van der Waals surface area contributed by atoms with Crippen LogP contribution in [0.15, 0.2) is 71.7 Å². The maximum Gasteiger partial charge on any atom is 0.133 e. The Morgan fingerprint density at radius 3 is 2.24 bits per heavy atom. The SMILES string of the molecule is COc1ccc(CN2CCOCC2)cc1C1=NC(c2ccc(Cl)cc2)C(c2ccc(Cl)cc2)N1. The van der Waals surface area contributed by atoms with Crippen molar-refractivity contribution in [1.29, 1.82) is 0 Å². The predicted molar refractivity (Wildman–Crippen MR) is 137 cm³/mol. The smallest absolute Gasteiger partial charge is 0.133 e. The molecule has 3 aromatic carbocycles. The number of benzene rings is 3. The molecule has 0 aliphatic carbocycles. The molecule has 0 saturated carbocycles. The van der Waals surface area contributed by atoms with Gasteiger partial charge in [0.1, 0.15) is 17.6 Å². The van der Waals surface area contributed by atoms with E-state index in [0.717, 1.165) is 61.1 Å². The van der Waals surface area contributed by atoms with E-state index in [9.17, 15) is 0 Å². The lowest BCUT2D eigenvalue weighted by molar-refractivity contribution is 0.0342. The van der Waals surface area contributed by atoms with Crippen LogP contribution in [0.2, 0.25) is 10.0 Å². The van der Waals surface area contributed by atoms with Gasteiger partial charge in [-0.05, 0) is 53.1 Å². The Morgan fingerprint density at radius 1 is 0.941 bits per heavy atom. The van der Waals surface area contributed by atoms with Crippen LogP contribution in [0.25, 0.3) is 0 Å². The third-order valence-corrected chi connectivity index (χ3v) is 6.85. The number of amidine groups is 1. The first-order valence-electron chi connectivity index (χ1n) is 11.4. The summed E-state index contributed by atoms with van der Waals surface area (Å²) in [4.78, 5) is 7.56. The van der Waals surface area contributed by atoms with Crippen LogP contribution in [0, 0.1) is 0 Å². The Morgan fingerprint density at radius 2 is 1.59 bits per heavy atom. The lowest BCUT2D eigenvalue weighted by atomic mass is 9.95. The first-order chi connectivity index (χ1) is 16.6. The van der Waals surface area contributed by atoms with Crippen molar-refractivity contribution in [2.45, 2.75) is 18.6 Å². The number of nitrogens with one attached hydrogen (secondary N) is 1. The normalized spacial score (nSPS) is 20.6. The van der Waals surface area contributed by atoms with Crippen molar-refractivity contribution in [3.05, 3.63) is 99.0 Å². The molecular weight excluding hydrogens is 469 g/mol. The number of hydrogen-bond acceptors (Lipinski definition) is 5. The molecule has 2 aliphatic rings. The van der Waals surface area contributed by atoms with E-state index in [4.69, 9.17) is 37.7 Å². The molecule has 0 amide bonds. The van der Waals surface area contributed by atoms with Gasteiger partial charge < -0.3 is 14.8 Å². The average molecular weight is 496 g/mol. The van der Waals surface area contributed by atoms with Gasteiger partial charge in [0, 0.05) is 29.7 Å². The van der Waals surface area contributed by atoms with Crippen molar-refractivity contribution >= 4 is 29.0 Å². The van der Waals surface area contributed by atoms with Gasteiger partial charge in [-0.3, -0.25) is 9.89 Å². The third kappa shape index (κ3) is 5.08. The highest BCUT2D eigenvalue weighted by molar-refractivity contribution is 6.30. The average Bonchev–Trinajstić information content (AvgIpc) is 3.31. The molecule has 176 valence electrons. The van der Waals surface area contributed by atoms with Gasteiger partial charge in [-0.25, -0.2) is 0 Å². The van der Waals surface area contributed by atoms with E-state index in [0.29, 0.717) is 10.0 Å². The second-order valence-electron chi connectivity index (χ2n) is 8.57. The highest BCUT2D eigenvalue weighted by Crippen LogP contribution is 2.39. The summed E-state index contributed by atoms with van der Waals surface area (Å²) in [7, 11) is 1.70. The molecule has 3 aromatic rings. The van der Waals surface area contributed by atoms with E-state index >= 15 is 0 Å². The van der Waals surface area contributed by atoms with Crippen molar-refractivity contribution in [1.82, 2.24) is 10.2 Å². The van der Waals surface area contributed by atoms with Crippen molar-refractivity contribution in [3.63, 3.8) is 0 Å². The van der Waals surface area contributed by atoms with Crippen LogP contribution < -0.4 is 10.1 Å². The number of aliphatic imine (C=N–C) groups is 1. The van der Waals surface area contributed by atoms with Crippen LogP contribution in [0.4, 0.5) is 0 Å². The second kappa shape index (κ2) is 10.4. The van der Waals surface area contributed by atoms with Crippen LogP contribution in [0.1, 0.15) is 34.3 Å². The summed E-state index contributed by atoms with van der Waals surface area (Å²) in [5.74, 6) is 1.61. The van der Waals surface area contributed by atoms with Gasteiger partial charge in [-0.1, -0.05) is 53.5 Å². The highest BCUT2D eigenvalue weighted by Gasteiger charge is 2.33. The van der Waals surface area contributed by atoms with Gasteiger partial charge in [0.05, 0.1) is 31.9 Å². The molecular formula is C27H27Cl2N3O2. The van der Waals surface area contributed by atoms with Crippen LogP contribution in [-0.4, -0.2) is 44.1 Å². The molecule has 2 aliphatic heterocycles. The van der Waals surface area contributed by atoms with E-state index in [1.807, 2.05) is 54.6 Å². The number of halogens is 2. The van der Waals surface area contributed by atoms with Gasteiger partial charge in [-0.15, -0.1) is 0 Å². The minimum absolute atomic E-state index is 0.0407. The molecule has 1 N–H and O–H groups in total. The molecule has 2 heterocycles. The van der Waals surface area contributed by atoms with Crippen LogP contribution in [-0.2, 0) is 11.3 Å². The summed E-state index contributed by atoms with van der Waals surface area (Å²) in [5.41, 5.74) is 4.39. The quantitative estimate of drug-likeness (QED) is 0.478. The number of nitrogens with zero attached hydrogens (tertiary/aromatic N) is 2. The number of methoxy groups -OCH3 is 1. The third-order valence-electron chi connectivity index (χ3n) is 6.35. The van der Waals surface area contributed by atoms with Crippen LogP contribution >= 0.6 is 23.2 Å². The predicted octanol–water partition coefficient (Wildman–Crippen LogP) is 5.67. The minimum atomic E-state index is -0.110. The fourth-order valence-electron chi connectivity index (χ4n) is 4.54. The van der Waals surface area contributed by atoms with Gasteiger partial charge in [0.2, 0.25) is 0 Å². The number of rotatable bonds is 6. The van der Waals surface area contributed by atoms with Crippen molar-refractivity contribution < 1.29 is 9.47 Å². The maximum absolute atomic E-state index is 6.16. The molecule has 7 heteroatoms. The Balaban J connectivity index is 1.50. The van der Waals surface area contributed by atoms with Gasteiger partial charge in [0.15, 0.2) is 0 Å².